The van der Waals surface area contributed by atoms with E-state index < -0.39 is 6.04 Å². The van der Waals surface area contributed by atoms with Gasteiger partial charge in [-0.15, -0.1) is 0 Å². The van der Waals surface area contributed by atoms with Gasteiger partial charge in [-0.05, 0) is 32.2 Å². The topological polar surface area (TPSA) is 86.7 Å². The number of nitrogens with zero attached hydrogens (tertiary/aromatic N) is 4. The number of amides is 2. The number of amidine groups is 1. The van der Waals surface area contributed by atoms with Gasteiger partial charge >= 0.3 is 0 Å². The smallest absolute Gasteiger partial charge is 0.254 e. The average Bonchev–Trinajstić information content (AvgIpc) is 3.30. The van der Waals surface area contributed by atoms with E-state index in [0.717, 1.165) is 49.3 Å². The van der Waals surface area contributed by atoms with Crippen molar-refractivity contribution in [3.8, 4) is 5.75 Å². The number of ether oxygens (including phenoxy) is 2. The maximum atomic E-state index is 13.8. The van der Waals surface area contributed by atoms with Crippen molar-refractivity contribution in [2.24, 2.45) is 4.99 Å². The van der Waals surface area contributed by atoms with Crippen LogP contribution >= 0.6 is 11.8 Å². The van der Waals surface area contributed by atoms with Crippen molar-refractivity contribution in [2.75, 3.05) is 59.6 Å². The van der Waals surface area contributed by atoms with Crippen LogP contribution in [0.3, 0.4) is 0 Å². The Hall–Kier alpha value is -2.82. The summed E-state index contributed by atoms with van der Waals surface area (Å²) in [5.74, 6) is 0.591. The zero-order valence-corrected chi connectivity index (χ0v) is 23.0. The molecule has 10 heteroatoms. The summed E-state index contributed by atoms with van der Waals surface area (Å²) < 4.78 is 11.1. The third kappa shape index (κ3) is 6.02. The number of carbonyl (C=O) groups is 2. The second-order valence-electron chi connectivity index (χ2n) is 9.09. The van der Waals surface area contributed by atoms with Crippen LogP contribution in [0.5, 0.6) is 5.75 Å². The van der Waals surface area contributed by atoms with E-state index in [1.165, 1.54) is 11.8 Å². The highest BCUT2D eigenvalue weighted by Crippen LogP contribution is 2.47. The number of thioether (sulfide) groups is 1. The number of morpholine rings is 1. The second-order valence-corrected chi connectivity index (χ2v) is 9.93. The SMILES string of the molecule is CCN(CC)C(=O)C1=C(C)N=C2SC=C(CC(=O)NCCN3CCOCC3)N2[C@@H]1c1ccccc1OC. The summed E-state index contributed by atoms with van der Waals surface area (Å²) in [6.45, 7) is 11.7. The summed E-state index contributed by atoms with van der Waals surface area (Å²) >= 11 is 1.48. The highest BCUT2D eigenvalue weighted by molar-refractivity contribution is 8.16. The van der Waals surface area contributed by atoms with E-state index in [0.29, 0.717) is 36.7 Å². The number of hydrogen-bond donors (Lipinski definition) is 1. The maximum absolute atomic E-state index is 13.8. The maximum Gasteiger partial charge on any atom is 0.254 e. The van der Waals surface area contributed by atoms with Gasteiger partial charge in [0.25, 0.3) is 5.91 Å². The molecule has 1 saturated heterocycles. The van der Waals surface area contributed by atoms with Crippen molar-refractivity contribution in [3.05, 3.63) is 52.2 Å². The van der Waals surface area contributed by atoms with E-state index in [2.05, 4.69) is 10.2 Å². The lowest BCUT2D eigenvalue weighted by atomic mass is 9.92. The minimum absolute atomic E-state index is 0.0487. The van der Waals surface area contributed by atoms with Crippen LogP contribution in [0.25, 0.3) is 0 Å². The number of rotatable bonds is 10. The molecular weight excluding hydrogens is 490 g/mol. The molecule has 0 radical (unpaired) electrons. The Morgan fingerprint density at radius 1 is 1.22 bits per heavy atom. The van der Waals surface area contributed by atoms with Gasteiger partial charge in [0, 0.05) is 50.5 Å². The van der Waals surface area contributed by atoms with Crippen molar-refractivity contribution in [1.29, 1.82) is 0 Å². The standard InChI is InChI=1S/C27H37N5O4S/c1-5-31(6-2)26(34)24-19(3)29-27-32(25(24)21-9-7-8-10-22(21)35-4)20(18-37-27)17-23(33)28-11-12-30-13-15-36-16-14-30/h7-10,18,25H,5-6,11-17H2,1-4H3,(H,28,33)/t25-/m1/s1. The molecular formula is C27H37N5O4S. The molecule has 0 bridgehead atoms. The molecule has 0 saturated carbocycles. The number of allylic oxidation sites excluding steroid dienone is 1. The lowest BCUT2D eigenvalue weighted by Gasteiger charge is -2.38. The summed E-state index contributed by atoms with van der Waals surface area (Å²) in [7, 11) is 1.64. The van der Waals surface area contributed by atoms with Gasteiger partial charge in [-0.25, -0.2) is 4.99 Å². The van der Waals surface area contributed by atoms with Crippen LogP contribution in [0, 0.1) is 0 Å². The van der Waals surface area contributed by atoms with E-state index in [-0.39, 0.29) is 18.2 Å². The summed E-state index contributed by atoms with van der Waals surface area (Å²) in [5.41, 5.74) is 2.99. The Balaban J connectivity index is 1.59. The Morgan fingerprint density at radius 2 is 1.95 bits per heavy atom. The molecule has 0 aliphatic carbocycles. The lowest BCUT2D eigenvalue weighted by molar-refractivity contribution is -0.127. The number of hydrogen-bond acceptors (Lipinski definition) is 8. The highest BCUT2D eigenvalue weighted by atomic mass is 32.2. The number of nitrogens with one attached hydrogen (secondary N) is 1. The molecule has 9 nitrogen and oxygen atoms in total. The van der Waals surface area contributed by atoms with Gasteiger partial charge < -0.3 is 24.6 Å². The van der Waals surface area contributed by atoms with Gasteiger partial charge in [-0.1, -0.05) is 30.0 Å². The number of likely N-dealkylation sites (N-methyl/N-ethyl adjacent to an activating group) is 1. The third-order valence-electron chi connectivity index (χ3n) is 6.91. The Kier molecular flexibility index (Phi) is 9.28. The number of benzene rings is 1. The average molecular weight is 528 g/mol. The van der Waals surface area contributed by atoms with E-state index in [1.807, 2.05) is 60.2 Å². The van der Waals surface area contributed by atoms with E-state index in [1.54, 1.807) is 7.11 Å². The molecule has 2 amide bonds. The first-order chi connectivity index (χ1) is 18.0. The predicted molar refractivity (Wildman–Crippen MR) is 146 cm³/mol. The quantitative estimate of drug-likeness (QED) is 0.501. The highest BCUT2D eigenvalue weighted by Gasteiger charge is 2.42. The van der Waals surface area contributed by atoms with Crippen molar-refractivity contribution in [1.82, 2.24) is 20.0 Å². The van der Waals surface area contributed by atoms with Gasteiger partial charge in [0.05, 0.1) is 44.1 Å². The molecule has 0 spiro atoms. The molecule has 1 N–H and O–H groups in total. The van der Waals surface area contributed by atoms with Crippen molar-refractivity contribution in [2.45, 2.75) is 33.2 Å². The normalized spacial score (nSPS) is 19.8. The predicted octanol–water partition coefficient (Wildman–Crippen LogP) is 2.98. The summed E-state index contributed by atoms with van der Waals surface area (Å²) in [6, 6.07) is 7.31. The van der Waals surface area contributed by atoms with E-state index >= 15 is 0 Å². The molecule has 1 aromatic carbocycles. The van der Waals surface area contributed by atoms with Crippen LogP contribution in [0.15, 0.2) is 51.6 Å². The fourth-order valence-electron chi connectivity index (χ4n) is 4.92. The van der Waals surface area contributed by atoms with Gasteiger partial charge in [0.2, 0.25) is 5.91 Å². The van der Waals surface area contributed by atoms with Crippen LogP contribution in [0.4, 0.5) is 0 Å². The van der Waals surface area contributed by atoms with Gasteiger partial charge in [-0.3, -0.25) is 14.5 Å². The van der Waals surface area contributed by atoms with Crippen LogP contribution in [0.1, 0.15) is 38.8 Å². The second kappa shape index (κ2) is 12.6. The molecule has 37 heavy (non-hydrogen) atoms. The van der Waals surface area contributed by atoms with E-state index in [4.69, 9.17) is 14.5 Å². The molecule has 1 atom stereocenters. The Bertz CT molecular complexity index is 1090. The molecule has 3 aliphatic heterocycles. The minimum atomic E-state index is -0.445. The van der Waals surface area contributed by atoms with Crippen molar-refractivity contribution < 1.29 is 19.1 Å². The molecule has 200 valence electrons. The van der Waals surface area contributed by atoms with Gasteiger partial charge in [0.15, 0.2) is 5.17 Å². The number of carbonyl (C=O) groups excluding carboxylic acids is 2. The van der Waals surface area contributed by atoms with Crippen molar-refractivity contribution in [3.63, 3.8) is 0 Å². The number of aliphatic imine (C=N–C) groups is 1. The third-order valence-corrected chi connectivity index (χ3v) is 7.80. The molecule has 0 aromatic heterocycles. The Labute approximate surface area is 223 Å². The molecule has 3 heterocycles. The van der Waals surface area contributed by atoms with Crippen LogP contribution < -0.4 is 10.1 Å². The fraction of sp³-hybridized carbons (Fsp3) is 0.519. The first-order valence-electron chi connectivity index (χ1n) is 12.9. The largest absolute Gasteiger partial charge is 0.496 e. The molecule has 3 aliphatic rings. The van der Waals surface area contributed by atoms with Crippen LogP contribution in [0.2, 0.25) is 0 Å². The zero-order chi connectivity index (χ0) is 26.4. The molecule has 4 rings (SSSR count). The van der Waals surface area contributed by atoms with Gasteiger partial charge in [0.1, 0.15) is 5.75 Å². The number of para-hydroxylation sites is 1. The zero-order valence-electron chi connectivity index (χ0n) is 22.2. The fourth-order valence-corrected chi connectivity index (χ4v) is 5.88. The molecule has 1 fully saturated rings. The van der Waals surface area contributed by atoms with Gasteiger partial charge in [-0.2, -0.15) is 0 Å². The van der Waals surface area contributed by atoms with Crippen LogP contribution in [-0.2, 0) is 14.3 Å². The number of fused-ring (bicyclic) bond motifs is 1. The Morgan fingerprint density at radius 3 is 2.65 bits per heavy atom. The van der Waals surface area contributed by atoms with E-state index in [9.17, 15) is 9.59 Å². The molecule has 1 aromatic rings. The monoisotopic (exact) mass is 527 g/mol. The lowest BCUT2D eigenvalue weighted by Crippen LogP contribution is -2.43. The summed E-state index contributed by atoms with van der Waals surface area (Å²) in [6.07, 6.45) is 0.201. The van der Waals surface area contributed by atoms with Crippen LogP contribution in [-0.4, -0.2) is 91.3 Å². The number of methoxy groups -OCH3 is 1. The minimum Gasteiger partial charge on any atom is -0.496 e. The van der Waals surface area contributed by atoms with Crippen molar-refractivity contribution >= 4 is 28.7 Å². The summed E-state index contributed by atoms with van der Waals surface area (Å²) in [4.78, 5) is 37.7. The summed E-state index contributed by atoms with van der Waals surface area (Å²) in [5, 5.41) is 5.80. The molecule has 0 unspecified atom stereocenters. The first-order valence-corrected chi connectivity index (χ1v) is 13.8. The first kappa shape index (κ1) is 27.2.